The summed E-state index contributed by atoms with van der Waals surface area (Å²) in [6.45, 7) is 3.81. The van der Waals surface area contributed by atoms with Crippen LogP contribution in [-0.2, 0) is 7.05 Å². The Hall–Kier alpha value is -1.91. The van der Waals surface area contributed by atoms with Gasteiger partial charge in [-0.05, 0) is 25.5 Å². The third-order valence-electron chi connectivity index (χ3n) is 2.65. The number of nitrogens with zero attached hydrogens (tertiary/aromatic N) is 3. The van der Waals surface area contributed by atoms with Crippen molar-refractivity contribution in [3.8, 4) is 6.01 Å². The third-order valence-corrected chi connectivity index (χ3v) is 2.65. The first-order valence-corrected chi connectivity index (χ1v) is 4.93. The molecular formula is C11H13N3O2. The zero-order valence-electron chi connectivity index (χ0n) is 9.74. The molecule has 5 heteroatoms. The average Bonchev–Trinajstić information content (AvgIpc) is 2.26. The minimum atomic E-state index is -0.141. The molecule has 0 fully saturated rings. The molecule has 5 nitrogen and oxygen atoms in total. The maximum absolute atomic E-state index is 12.0. The quantitative estimate of drug-likeness (QED) is 0.716. The van der Waals surface area contributed by atoms with Crippen molar-refractivity contribution in [3.63, 3.8) is 0 Å². The summed E-state index contributed by atoms with van der Waals surface area (Å²) in [5, 5.41) is 0.520. The Morgan fingerprint density at radius 2 is 2.00 bits per heavy atom. The van der Waals surface area contributed by atoms with Gasteiger partial charge in [-0.1, -0.05) is 0 Å². The first kappa shape index (κ1) is 10.6. The highest BCUT2D eigenvalue weighted by molar-refractivity contribution is 5.75. The van der Waals surface area contributed by atoms with Crippen LogP contribution in [-0.4, -0.2) is 21.6 Å². The number of hydrogen-bond donors (Lipinski definition) is 0. The van der Waals surface area contributed by atoms with E-state index in [-0.39, 0.29) is 11.6 Å². The van der Waals surface area contributed by atoms with E-state index >= 15 is 0 Å². The van der Waals surface area contributed by atoms with E-state index in [0.29, 0.717) is 11.0 Å². The fraction of sp³-hybridized carbons (Fsp3) is 0.364. The molecule has 16 heavy (non-hydrogen) atoms. The van der Waals surface area contributed by atoms with Crippen LogP contribution in [0.4, 0.5) is 0 Å². The SMILES string of the molecule is COc1nc2nc(C)c(C)cc2c(=O)n1C. The number of fused-ring (bicyclic) bond motifs is 1. The van der Waals surface area contributed by atoms with Crippen LogP contribution in [0.25, 0.3) is 11.0 Å². The normalized spacial score (nSPS) is 10.8. The van der Waals surface area contributed by atoms with E-state index < -0.39 is 0 Å². The van der Waals surface area contributed by atoms with Crippen molar-refractivity contribution in [2.45, 2.75) is 13.8 Å². The number of hydrogen-bond acceptors (Lipinski definition) is 4. The molecule has 0 aliphatic heterocycles. The van der Waals surface area contributed by atoms with E-state index in [9.17, 15) is 4.79 Å². The van der Waals surface area contributed by atoms with E-state index in [0.717, 1.165) is 11.3 Å². The molecule has 2 aromatic rings. The van der Waals surface area contributed by atoms with Gasteiger partial charge >= 0.3 is 6.01 Å². The summed E-state index contributed by atoms with van der Waals surface area (Å²) < 4.78 is 6.39. The van der Waals surface area contributed by atoms with Crippen molar-refractivity contribution in [1.29, 1.82) is 0 Å². The molecule has 0 spiro atoms. The summed E-state index contributed by atoms with van der Waals surface area (Å²) in [5.41, 5.74) is 2.15. The molecule has 0 unspecified atom stereocenters. The average molecular weight is 219 g/mol. The third kappa shape index (κ3) is 1.44. The number of aromatic nitrogens is 3. The Kier molecular flexibility index (Phi) is 2.38. The number of ether oxygens (including phenoxy) is 1. The molecule has 0 aliphatic carbocycles. The van der Waals surface area contributed by atoms with Crippen LogP contribution in [0.15, 0.2) is 10.9 Å². The summed E-state index contributed by atoms with van der Waals surface area (Å²) in [5.74, 6) is 0. The van der Waals surface area contributed by atoms with Crippen molar-refractivity contribution >= 4 is 11.0 Å². The lowest BCUT2D eigenvalue weighted by atomic mass is 10.2. The molecule has 0 radical (unpaired) electrons. The van der Waals surface area contributed by atoms with Crippen molar-refractivity contribution in [3.05, 3.63) is 27.7 Å². The Balaban J connectivity index is 2.93. The van der Waals surface area contributed by atoms with Gasteiger partial charge in [-0.15, -0.1) is 0 Å². The van der Waals surface area contributed by atoms with Gasteiger partial charge in [0, 0.05) is 12.7 Å². The van der Waals surface area contributed by atoms with Crippen LogP contribution < -0.4 is 10.3 Å². The van der Waals surface area contributed by atoms with Crippen molar-refractivity contribution < 1.29 is 4.74 Å². The van der Waals surface area contributed by atoms with Crippen LogP contribution in [0.3, 0.4) is 0 Å². The number of aryl methyl sites for hydroxylation is 2. The second-order valence-corrected chi connectivity index (χ2v) is 3.72. The van der Waals surface area contributed by atoms with Gasteiger partial charge in [0.2, 0.25) is 0 Å². The predicted octanol–water partition coefficient (Wildman–Crippen LogP) is 0.954. The van der Waals surface area contributed by atoms with Crippen molar-refractivity contribution in [2.75, 3.05) is 7.11 Å². The Morgan fingerprint density at radius 1 is 1.31 bits per heavy atom. The lowest BCUT2D eigenvalue weighted by Gasteiger charge is -2.07. The van der Waals surface area contributed by atoms with E-state index in [1.165, 1.54) is 11.7 Å². The fourth-order valence-electron chi connectivity index (χ4n) is 1.55. The van der Waals surface area contributed by atoms with Crippen LogP contribution in [0.1, 0.15) is 11.3 Å². The van der Waals surface area contributed by atoms with E-state index in [2.05, 4.69) is 9.97 Å². The molecule has 2 heterocycles. The minimum Gasteiger partial charge on any atom is -0.468 e. The maximum atomic E-state index is 12.0. The highest BCUT2D eigenvalue weighted by atomic mass is 16.5. The molecule has 0 amide bonds. The maximum Gasteiger partial charge on any atom is 0.300 e. The number of rotatable bonds is 1. The molecule has 0 aromatic carbocycles. The van der Waals surface area contributed by atoms with E-state index in [1.54, 1.807) is 7.05 Å². The Bertz CT molecular complexity index is 617. The summed E-state index contributed by atoms with van der Waals surface area (Å²) in [6, 6.07) is 2.08. The summed E-state index contributed by atoms with van der Waals surface area (Å²) in [6.07, 6.45) is 0. The van der Waals surface area contributed by atoms with Gasteiger partial charge in [0.1, 0.15) is 0 Å². The molecule has 0 saturated carbocycles. The molecule has 2 rings (SSSR count). The van der Waals surface area contributed by atoms with Gasteiger partial charge in [0.25, 0.3) is 5.56 Å². The van der Waals surface area contributed by atoms with Crippen molar-refractivity contribution in [1.82, 2.24) is 14.5 Å². The number of pyridine rings is 1. The largest absolute Gasteiger partial charge is 0.468 e. The monoisotopic (exact) mass is 219 g/mol. The van der Waals surface area contributed by atoms with E-state index in [1.807, 2.05) is 19.9 Å². The second-order valence-electron chi connectivity index (χ2n) is 3.72. The fourth-order valence-corrected chi connectivity index (χ4v) is 1.55. The van der Waals surface area contributed by atoms with Gasteiger partial charge < -0.3 is 4.74 Å². The van der Waals surface area contributed by atoms with Crippen LogP contribution in [0, 0.1) is 13.8 Å². The smallest absolute Gasteiger partial charge is 0.300 e. The molecule has 2 aromatic heterocycles. The van der Waals surface area contributed by atoms with Crippen molar-refractivity contribution in [2.24, 2.45) is 7.05 Å². The minimum absolute atomic E-state index is 0.141. The standard InChI is InChI=1S/C11H13N3O2/c1-6-5-8-9(12-7(6)2)13-11(16-4)14(3)10(8)15/h5H,1-4H3. The molecule has 0 N–H and O–H groups in total. The van der Waals surface area contributed by atoms with Crippen LogP contribution in [0.5, 0.6) is 6.01 Å². The number of methoxy groups -OCH3 is 1. The first-order chi connectivity index (χ1) is 7.54. The van der Waals surface area contributed by atoms with Crippen LogP contribution in [0.2, 0.25) is 0 Å². The topological polar surface area (TPSA) is 57.0 Å². The molecule has 84 valence electrons. The molecule has 0 atom stereocenters. The first-order valence-electron chi connectivity index (χ1n) is 4.93. The van der Waals surface area contributed by atoms with Gasteiger partial charge in [0.15, 0.2) is 5.65 Å². The van der Waals surface area contributed by atoms with Gasteiger partial charge in [0.05, 0.1) is 12.5 Å². The zero-order chi connectivity index (χ0) is 11.9. The Labute approximate surface area is 92.7 Å². The van der Waals surface area contributed by atoms with Gasteiger partial charge in [-0.3, -0.25) is 9.36 Å². The van der Waals surface area contributed by atoms with Gasteiger partial charge in [-0.25, -0.2) is 4.98 Å². The Morgan fingerprint density at radius 3 is 2.62 bits per heavy atom. The summed E-state index contributed by atoms with van der Waals surface area (Å²) >= 11 is 0. The molecule has 0 bridgehead atoms. The van der Waals surface area contributed by atoms with E-state index in [4.69, 9.17) is 4.74 Å². The highest BCUT2D eigenvalue weighted by Crippen LogP contribution is 2.13. The molecular weight excluding hydrogens is 206 g/mol. The lowest BCUT2D eigenvalue weighted by Crippen LogP contribution is -2.20. The highest BCUT2D eigenvalue weighted by Gasteiger charge is 2.10. The summed E-state index contributed by atoms with van der Waals surface area (Å²) in [7, 11) is 3.11. The predicted molar refractivity (Wildman–Crippen MR) is 60.8 cm³/mol. The molecule has 0 saturated heterocycles. The van der Waals surface area contributed by atoms with Crippen LogP contribution >= 0.6 is 0 Å². The lowest BCUT2D eigenvalue weighted by molar-refractivity contribution is 0.359. The van der Waals surface area contributed by atoms with Gasteiger partial charge in [-0.2, -0.15) is 4.98 Å². The second kappa shape index (κ2) is 3.59. The zero-order valence-corrected chi connectivity index (χ0v) is 9.74. The molecule has 0 aliphatic rings. The summed E-state index contributed by atoms with van der Waals surface area (Å²) in [4.78, 5) is 20.4.